The quantitative estimate of drug-likeness (QED) is 0.768. The summed E-state index contributed by atoms with van der Waals surface area (Å²) >= 11 is 3.12. The third-order valence-electron chi connectivity index (χ3n) is 2.26. The van der Waals surface area contributed by atoms with Crippen LogP contribution in [0.5, 0.6) is 5.75 Å². The van der Waals surface area contributed by atoms with Gasteiger partial charge in [-0.25, -0.2) is 4.39 Å². The Bertz CT molecular complexity index is 481. The van der Waals surface area contributed by atoms with E-state index in [4.69, 9.17) is 4.74 Å². The number of carbonyl (C=O) groups is 2. The first-order valence-electron chi connectivity index (χ1n) is 5.32. The molecule has 1 amide bonds. The lowest BCUT2D eigenvalue weighted by molar-refractivity contribution is -0.146. The van der Waals surface area contributed by atoms with Crippen LogP contribution in [0.15, 0.2) is 22.7 Å². The van der Waals surface area contributed by atoms with Crippen molar-refractivity contribution in [2.45, 2.75) is 0 Å². The second-order valence-electron chi connectivity index (χ2n) is 3.69. The number of methoxy groups -OCH3 is 1. The molecule has 0 aliphatic rings. The lowest BCUT2D eigenvalue weighted by Crippen LogP contribution is -2.35. The number of ether oxygens (including phenoxy) is 2. The van der Waals surface area contributed by atoms with Crippen molar-refractivity contribution in [2.75, 3.05) is 27.3 Å². The maximum absolute atomic E-state index is 12.8. The Morgan fingerprint density at radius 1 is 1.42 bits per heavy atom. The maximum Gasteiger partial charge on any atom is 0.325 e. The van der Waals surface area contributed by atoms with Gasteiger partial charge in [0.2, 0.25) is 0 Å². The average Bonchev–Trinajstić information content (AvgIpc) is 2.37. The molecular formula is C12H13BrFNO4. The molecule has 0 bridgehead atoms. The van der Waals surface area contributed by atoms with Crippen LogP contribution in [0.25, 0.3) is 0 Å². The van der Waals surface area contributed by atoms with E-state index in [1.165, 1.54) is 37.3 Å². The molecule has 0 unspecified atom stereocenters. The van der Waals surface area contributed by atoms with Gasteiger partial charge in [-0.15, -0.1) is 0 Å². The van der Waals surface area contributed by atoms with Crippen LogP contribution in [-0.4, -0.2) is 44.1 Å². The highest BCUT2D eigenvalue weighted by Gasteiger charge is 2.14. The standard InChI is InChI=1S/C12H13BrFNO4/c1-15(6-12(17)18-2)11(16)7-19-10-4-3-8(14)5-9(10)13/h3-5H,6-7H2,1-2H3. The molecule has 1 aromatic carbocycles. The minimum atomic E-state index is -0.515. The van der Waals surface area contributed by atoms with Gasteiger partial charge in [-0.2, -0.15) is 0 Å². The molecule has 19 heavy (non-hydrogen) atoms. The van der Waals surface area contributed by atoms with Crippen LogP contribution in [0, 0.1) is 5.82 Å². The average molecular weight is 334 g/mol. The maximum atomic E-state index is 12.8. The van der Waals surface area contributed by atoms with Crippen molar-refractivity contribution < 1.29 is 23.5 Å². The molecule has 104 valence electrons. The molecule has 0 heterocycles. The Morgan fingerprint density at radius 2 is 2.11 bits per heavy atom. The highest BCUT2D eigenvalue weighted by atomic mass is 79.9. The van der Waals surface area contributed by atoms with Crippen molar-refractivity contribution >= 4 is 27.8 Å². The first kappa shape index (κ1) is 15.4. The van der Waals surface area contributed by atoms with Crippen LogP contribution in [-0.2, 0) is 14.3 Å². The van der Waals surface area contributed by atoms with Gasteiger partial charge in [0.05, 0.1) is 11.6 Å². The Kier molecular flexibility index (Phi) is 5.75. The molecule has 1 aromatic rings. The van der Waals surface area contributed by atoms with Crippen LogP contribution < -0.4 is 4.74 Å². The van der Waals surface area contributed by atoms with E-state index in [-0.39, 0.29) is 19.1 Å². The van der Waals surface area contributed by atoms with Gasteiger partial charge < -0.3 is 14.4 Å². The van der Waals surface area contributed by atoms with Gasteiger partial charge in [-0.1, -0.05) is 0 Å². The predicted octanol–water partition coefficient (Wildman–Crippen LogP) is 1.60. The molecule has 0 aliphatic heterocycles. The van der Waals surface area contributed by atoms with Gasteiger partial charge in [0, 0.05) is 7.05 Å². The van der Waals surface area contributed by atoms with Crippen molar-refractivity contribution in [1.29, 1.82) is 0 Å². The molecule has 0 atom stereocenters. The number of hydrogen-bond acceptors (Lipinski definition) is 4. The zero-order valence-corrected chi connectivity index (χ0v) is 12.1. The van der Waals surface area contributed by atoms with E-state index >= 15 is 0 Å². The van der Waals surface area contributed by atoms with E-state index in [0.29, 0.717) is 10.2 Å². The molecule has 0 spiro atoms. The molecule has 0 N–H and O–H groups in total. The Balaban J connectivity index is 2.52. The highest BCUT2D eigenvalue weighted by Crippen LogP contribution is 2.25. The van der Waals surface area contributed by atoms with E-state index in [1.54, 1.807) is 0 Å². The molecule has 0 fully saturated rings. The van der Waals surface area contributed by atoms with Gasteiger partial charge in [0.15, 0.2) is 6.61 Å². The number of esters is 1. The molecule has 0 aromatic heterocycles. The van der Waals surface area contributed by atoms with Crippen LogP contribution in [0.4, 0.5) is 4.39 Å². The number of halogens is 2. The van der Waals surface area contributed by atoms with Gasteiger partial charge in [-0.05, 0) is 34.1 Å². The minimum Gasteiger partial charge on any atom is -0.483 e. The van der Waals surface area contributed by atoms with Gasteiger partial charge in [0.1, 0.15) is 18.1 Å². The summed E-state index contributed by atoms with van der Waals surface area (Å²) < 4.78 is 22.9. The van der Waals surface area contributed by atoms with E-state index in [1.807, 2.05) is 0 Å². The number of hydrogen-bond donors (Lipinski definition) is 0. The van der Waals surface area contributed by atoms with Crippen molar-refractivity contribution in [3.8, 4) is 5.75 Å². The molecule has 1 rings (SSSR count). The second kappa shape index (κ2) is 7.08. The summed E-state index contributed by atoms with van der Waals surface area (Å²) in [4.78, 5) is 23.8. The summed E-state index contributed by atoms with van der Waals surface area (Å²) in [7, 11) is 2.70. The zero-order valence-electron chi connectivity index (χ0n) is 10.5. The first-order chi connectivity index (χ1) is 8.93. The molecule has 0 saturated heterocycles. The summed E-state index contributed by atoms with van der Waals surface area (Å²) in [5.74, 6) is -0.963. The van der Waals surface area contributed by atoms with Crippen molar-refractivity contribution in [1.82, 2.24) is 4.90 Å². The van der Waals surface area contributed by atoms with Crippen molar-refractivity contribution in [3.05, 3.63) is 28.5 Å². The fourth-order valence-electron chi connectivity index (χ4n) is 1.19. The first-order valence-corrected chi connectivity index (χ1v) is 6.12. The van der Waals surface area contributed by atoms with E-state index in [9.17, 15) is 14.0 Å². The van der Waals surface area contributed by atoms with Crippen LogP contribution >= 0.6 is 15.9 Å². The largest absolute Gasteiger partial charge is 0.483 e. The second-order valence-corrected chi connectivity index (χ2v) is 4.54. The van der Waals surface area contributed by atoms with Crippen molar-refractivity contribution in [2.24, 2.45) is 0 Å². The summed E-state index contributed by atoms with van der Waals surface area (Å²) in [6.07, 6.45) is 0. The SMILES string of the molecule is COC(=O)CN(C)C(=O)COc1ccc(F)cc1Br. The highest BCUT2D eigenvalue weighted by molar-refractivity contribution is 9.10. The predicted molar refractivity (Wildman–Crippen MR) is 69.2 cm³/mol. The monoisotopic (exact) mass is 333 g/mol. The van der Waals surface area contributed by atoms with E-state index in [2.05, 4.69) is 20.7 Å². The third kappa shape index (κ3) is 4.86. The zero-order chi connectivity index (χ0) is 14.4. The van der Waals surface area contributed by atoms with Gasteiger partial charge in [0.25, 0.3) is 5.91 Å². The molecule has 0 aliphatic carbocycles. The summed E-state index contributed by atoms with van der Waals surface area (Å²) in [5.41, 5.74) is 0. The summed E-state index contributed by atoms with van der Waals surface area (Å²) in [6, 6.07) is 3.87. The fraction of sp³-hybridized carbons (Fsp3) is 0.333. The molecule has 7 heteroatoms. The van der Waals surface area contributed by atoms with Crippen LogP contribution in [0.2, 0.25) is 0 Å². The minimum absolute atomic E-state index is 0.150. The molecule has 0 saturated carbocycles. The molecule has 0 radical (unpaired) electrons. The number of amides is 1. The van der Waals surface area contributed by atoms with Crippen LogP contribution in [0.1, 0.15) is 0 Å². The topological polar surface area (TPSA) is 55.8 Å². The van der Waals surface area contributed by atoms with E-state index < -0.39 is 11.8 Å². The molecule has 5 nitrogen and oxygen atoms in total. The smallest absolute Gasteiger partial charge is 0.325 e. The lowest BCUT2D eigenvalue weighted by Gasteiger charge is -2.16. The van der Waals surface area contributed by atoms with Crippen LogP contribution in [0.3, 0.4) is 0 Å². The van der Waals surface area contributed by atoms with E-state index in [0.717, 1.165) is 0 Å². The normalized spacial score (nSPS) is 9.89. The number of nitrogens with zero attached hydrogens (tertiary/aromatic N) is 1. The number of rotatable bonds is 5. The Morgan fingerprint density at radius 3 is 2.68 bits per heavy atom. The Hall–Kier alpha value is -1.63. The number of likely N-dealkylation sites (N-methyl/N-ethyl adjacent to an activating group) is 1. The van der Waals surface area contributed by atoms with Gasteiger partial charge >= 0.3 is 5.97 Å². The van der Waals surface area contributed by atoms with Crippen molar-refractivity contribution in [3.63, 3.8) is 0 Å². The van der Waals surface area contributed by atoms with Gasteiger partial charge in [-0.3, -0.25) is 9.59 Å². The fourth-order valence-corrected chi connectivity index (χ4v) is 1.65. The lowest BCUT2D eigenvalue weighted by atomic mass is 10.3. The summed E-state index contributed by atoms with van der Waals surface area (Å²) in [6.45, 7) is -0.402. The Labute approximate surface area is 118 Å². The number of carbonyl (C=O) groups excluding carboxylic acids is 2. The summed E-state index contributed by atoms with van der Waals surface area (Å²) in [5, 5.41) is 0. The number of benzene rings is 1. The molecular weight excluding hydrogens is 321 g/mol. The third-order valence-corrected chi connectivity index (χ3v) is 2.88.